The maximum atomic E-state index is 11.3. The van der Waals surface area contributed by atoms with E-state index in [9.17, 15) is 9.90 Å². The second-order valence-electron chi connectivity index (χ2n) is 3.92. The van der Waals surface area contributed by atoms with Gasteiger partial charge in [-0.2, -0.15) is 0 Å². The van der Waals surface area contributed by atoms with Crippen LogP contribution in [0.15, 0.2) is 11.8 Å². The molecule has 0 aromatic carbocycles. The molecular formula is C10H18O2S. The predicted octanol–water partition coefficient (Wildman–Crippen LogP) is 3.29. The minimum atomic E-state index is -0.0833. The Hall–Kier alpha value is -0.440. The van der Waals surface area contributed by atoms with Gasteiger partial charge in [-0.25, -0.2) is 0 Å². The Morgan fingerprint density at radius 1 is 1.46 bits per heavy atom. The van der Waals surface area contributed by atoms with Crippen molar-refractivity contribution in [3.63, 3.8) is 0 Å². The number of carbonyl (C=O) groups excluding carboxylic acids is 1. The van der Waals surface area contributed by atoms with Crippen LogP contribution in [-0.2, 0) is 4.79 Å². The standard InChI is InChI=1S/C10H18O2S/c1-5-6-8(11)7-9(12)13-10(2,3)4/h7,11H,5-6H2,1-4H3/b8-7-. The predicted molar refractivity (Wildman–Crippen MR) is 58.0 cm³/mol. The molecule has 0 aromatic heterocycles. The zero-order chi connectivity index (χ0) is 10.5. The molecule has 0 radical (unpaired) electrons. The number of thioether (sulfide) groups is 1. The van der Waals surface area contributed by atoms with Crippen molar-refractivity contribution >= 4 is 16.9 Å². The van der Waals surface area contributed by atoms with Crippen LogP contribution in [0.4, 0.5) is 0 Å². The number of hydrogen-bond acceptors (Lipinski definition) is 3. The fourth-order valence-electron chi connectivity index (χ4n) is 0.796. The van der Waals surface area contributed by atoms with Crippen LogP contribution in [0.25, 0.3) is 0 Å². The van der Waals surface area contributed by atoms with E-state index >= 15 is 0 Å². The van der Waals surface area contributed by atoms with Crippen molar-refractivity contribution in [2.24, 2.45) is 0 Å². The molecule has 0 aliphatic rings. The molecule has 0 unspecified atom stereocenters. The van der Waals surface area contributed by atoms with Crippen LogP contribution in [0.1, 0.15) is 40.5 Å². The molecule has 0 spiro atoms. The number of aliphatic hydroxyl groups is 1. The molecule has 0 saturated carbocycles. The topological polar surface area (TPSA) is 37.3 Å². The molecule has 0 amide bonds. The van der Waals surface area contributed by atoms with Gasteiger partial charge in [0, 0.05) is 17.2 Å². The molecule has 0 atom stereocenters. The molecule has 0 bridgehead atoms. The molecular weight excluding hydrogens is 184 g/mol. The average Bonchev–Trinajstić information content (AvgIpc) is 1.81. The Labute approximate surface area is 84.4 Å². The zero-order valence-electron chi connectivity index (χ0n) is 8.76. The normalized spacial score (nSPS) is 13.1. The highest BCUT2D eigenvalue weighted by atomic mass is 32.2. The van der Waals surface area contributed by atoms with E-state index in [1.165, 1.54) is 17.8 Å². The summed E-state index contributed by atoms with van der Waals surface area (Å²) in [5.74, 6) is 0.184. The van der Waals surface area contributed by atoms with Gasteiger partial charge in [-0.1, -0.05) is 39.5 Å². The van der Waals surface area contributed by atoms with E-state index in [-0.39, 0.29) is 15.6 Å². The quantitative estimate of drug-likeness (QED) is 0.563. The summed E-state index contributed by atoms with van der Waals surface area (Å²) in [5.41, 5.74) is 0. The fourth-order valence-corrected chi connectivity index (χ4v) is 1.59. The first kappa shape index (κ1) is 12.6. The summed E-state index contributed by atoms with van der Waals surface area (Å²) in [6.45, 7) is 7.88. The average molecular weight is 202 g/mol. The van der Waals surface area contributed by atoms with E-state index in [4.69, 9.17) is 0 Å². The Morgan fingerprint density at radius 2 is 2.00 bits per heavy atom. The summed E-state index contributed by atoms with van der Waals surface area (Å²) < 4.78 is -0.0833. The lowest BCUT2D eigenvalue weighted by Gasteiger charge is -2.14. The molecule has 2 nitrogen and oxygen atoms in total. The molecule has 13 heavy (non-hydrogen) atoms. The largest absolute Gasteiger partial charge is 0.512 e. The first-order valence-electron chi connectivity index (χ1n) is 4.47. The maximum absolute atomic E-state index is 11.3. The third kappa shape index (κ3) is 7.91. The lowest BCUT2D eigenvalue weighted by atomic mass is 10.3. The van der Waals surface area contributed by atoms with Crippen LogP contribution in [0.3, 0.4) is 0 Å². The van der Waals surface area contributed by atoms with Crippen LogP contribution in [0.5, 0.6) is 0 Å². The summed E-state index contributed by atoms with van der Waals surface area (Å²) in [7, 11) is 0. The van der Waals surface area contributed by atoms with Gasteiger partial charge in [-0.05, 0) is 6.42 Å². The highest BCUT2D eigenvalue weighted by Gasteiger charge is 2.15. The third-order valence-electron chi connectivity index (χ3n) is 1.20. The third-order valence-corrected chi connectivity index (χ3v) is 2.13. The molecule has 0 aromatic rings. The fraction of sp³-hybridized carbons (Fsp3) is 0.700. The first-order chi connectivity index (χ1) is 5.85. The molecule has 0 heterocycles. The van der Waals surface area contributed by atoms with Gasteiger partial charge in [0.2, 0.25) is 5.12 Å². The molecule has 0 rings (SSSR count). The Kier molecular flexibility index (Phi) is 5.14. The summed E-state index contributed by atoms with van der Waals surface area (Å²) in [6.07, 6.45) is 2.76. The second-order valence-corrected chi connectivity index (χ2v) is 5.75. The van der Waals surface area contributed by atoms with Gasteiger partial charge in [-0.15, -0.1) is 0 Å². The van der Waals surface area contributed by atoms with Gasteiger partial charge in [0.15, 0.2) is 0 Å². The van der Waals surface area contributed by atoms with Crippen LogP contribution in [0, 0.1) is 0 Å². The van der Waals surface area contributed by atoms with Crippen molar-refractivity contribution in [3.05, 3.63) is 11.8 Å². The van der Waals surface area contributed by atoms with Gasteiger partial charge in [0.05, 0.1) is 5.76 Å². The lowest BCUT2D eigenvalue weighted by molar-refractivity contribution is -0.107. The minimum Gasteiger partial charge on any atom is -0.512 e. The Morgan fingerprint density at radius 3 is 2.38 bits per heavy atom. The minimum absolute atomic E-state index is 0.0709. The van der Waals surface area contributed by atoms with Gasteiger partial charge in [0.25, 0.3) is 0 Å². The Balaban J connectivity index is 4.07. The van der Waals surface area contributed by atoms with Crippen molar-refractivity contribution in [3.8, 4) is 0 Å². The van der Waals surface area contributed by atoms with Crippen molar-refractivity contribution in [2.45, 2.75) is 45.3 Å². The molecule has 0 aliphatic carbocycles. The van der Waals surface area contributed by atoms with E-state index < -0.39 is 0 Å². The van der Waals surface area contributed by atoms with E-state index in [0.717, 1.165) is 6.42 Å². The molecule has 76 valence electrons. The molecule has 3 heteroatoms. The number of rotatable bonds is 3. The number of carbonyl (C=O) groups is 1. The van der Waals surface area contributed by atoms with Crippen LogP contribution in [-0.4, -0.2) is 15.0 Å². The highest BCUT2D eigenvalue weighted by molar-refractivity contribution is 8.15. The van der Waals surface area contributed by atoms with Gasteiger partial charge >= 0.3 is 0 Å². The molecule has 0 fully saturated rings. The van der Waals surface area contributed by atoms with Gasteiger partial charge in [0.1, 0.15) is 0 Å². The monoisotopic (exact) mass is 202 g/mol. The zero-order valence-corrected chi connectivity index (χ0v) is 9.57. The van der Waals surface area contributed by atoms with Crippen molar-refractivity contribution in [1.82, 2.24) is 0 Å². The number of allylic oxidation sites excluding steroid dienone is 1. The van der Waals surface area contributed by atoms with Crippen molar-refractivity contribution in [1.29, 1.82) is 0 Å². The van der Waals surface area contributed by atoms with Crippen molar-refractivity contribution in [2.75, 3.05) is 0 Å². The summed E-state index contributed by atoms with van der Waals surface area (Å²) in [4.78, 5) is 11.3. The van der Waals surface area contributed by atoms with E-state index in [0.29, 0.717) is 6.42 Å². The second kappa shape index (κ2) is 5.32. The van der Waals surface area contributed by atoms with Crippen LogP contribution < -0.4 is 0 Å². The summed E-state index contributed by atoms with van der Waals surface area (Å²) in [6, 6.07) is 0. The van der Waals surface area contributed by atoms with Crippen LogP contribution in [0.2, 0.25) is 0 Å². The summed E-state index contributed by atoms with van der Waals surface area (Å²) in [5, 5.41) is 9.17. The van der Waals surface area contributed by atoms with Gasteiger partial charge < -0.3 is 5.11 Å². The molecule has 1 N–H and O–H groups in total. The lowest BCUT2D eigenvalue weighted by Crippen LogP contribution is -2.10. The van der Waals surface area contributed by atoms with E-state index in [2.05, 4.69) is 0 Å². The highest BCUT2D eigenvalue weighted by Crippen LogP contribution is 2.24. The smallest absolute Gasteiger partial charge is 0.216 e. The Bertz CT molecular complexity index is 201. The first-order valence-corrected chi connectivity index (χ1v) is 5.29. The number of aliphatic hydroxyl groups excluding tert-OH is 1. The maximum Gasteiger partial charge on any atom is 0.216 e. The SMILES string of the molecule is CCC/C(O)=C/C(=O)SC(C)(C)C. The summed E-state index contributed by atoms with van der Waals surface area (Å²) >= 11 is 1.24. The van der Waals surface area contributed by atoms with E-state index in [1.807, 2.05) is 27.7 Å². The van der Waals surface area contributed by atoms with Crippen molar-refractivity contribution < 1.29 is 9.90 Å². The van der Waals surface area contributed by atoms with Gasteiger partial charge in [-0.3, -0.25) is 4.79 Å². The molecule has 0 aliphatic heterocycles. The van der Waals surface area contributed by atoms with Crippen LogP contribution >= 0.6 is 11.8 Å². The van der Waals surface area contributed by atoms with E-state index in [1.54, 1.807) is 0 Å². The number of hydrogen-bond donors (Lipinski definition) is 1. The molecule has 0 saturated heterocycles.